The molecule has 2 heteroatoms. The Bertz CT molecular complexity index is 121. The summed E-state index contributed by atoms with van der Waals surface area (Å²) >= 11 is 0. The van der Waals surface area contributed by atoms with Crippen molar-refractivity contribution in [3.8, 4) is 0 Å². The number of hydrogen-bond donors (Lipinski definition) is 1. The highest BCUT2D eigenvalue weighted by Crippen LogP contribution is 2.15. The molecule has 0 rings (SSSR count). The lowest BCUT2D eigenvalue weighted by Gasteiger charge is -2.21. The molecule has 2 nitrogen and oxygen atoms in total. The van der Waals surface area contributed by atoms with E-state index < -0.39 is 5.60 Å². The third-order valence-electron chi connectivity index (χ3n) is 2.52. The minimum atomic E-state index is -0.625. The Morgan fingerprint density at radius 1 is 1.07 bits per heavy atom. The first-order chi connectivity index (χ1) is 6.62. The molecule has 0 saturated carbocycles. The van der Waals surface area contributed by atoms with Crippen molar-refractivity contribution in [2.24, 2.45) is 0 Å². The maximum atomic E-state index is 9.79. The van der Waals surface area contributed by atoms with Crippen LogP contribution in [0.5, 0.6) is 0 Å². The van der Waals surface area contributed by atoms with Gasteiger partial charge in [0.15, 0.2) is 0 Å². The highest BCUT2D eigenvalue weighted by Gasteiger charge is 2.18. The van der Waals surface area contributed by atoms with E-state index in [4.69, 9.17) is 4.74 Å². The number of rotatable bonds is 9. The van der Waals surface area contributed by atoms with Gasteiger partial charge in [0.25, 0.3) is 0 Å². The summed E-state index contributed by atoms with van der Waals surface area (Å²) in [5.41, 5.74) is -0.625. The summed E-state index contributed by atoms with van der Waals surface area (Å²) in [5, 5.41) is 9.79. The van der Waals surface area contributed by atoms with Gasteiger partial charge in [-0.1, -0.05) is 45.4 Å². The molecule has 0 radical (unpaired) electrons. The standard InChI is InChI=1S/C12H26O2/c1-4-5-6-7-8-9-10-12(2,13)11-14-3/h13H,4-11H2,1-3H3/t12-/m0/s1. The third-order valence-corrected chi connectivity index (χ3v) is 2.52. The highest BCUT2D eigenvalue weighted by atomic mass is 16.5. The summed E-state index contributed by atoms with van der Waals surface area (Å²) in [6.07, 6.45) is 8.47. The molecular weight excluding hydrogens is 176 g/mol. The normalized spacial score (nSPS) is 15.4. The lowest BCUT2D eigenvalue weighted by Crippen LogP contribution is -2.29. The molecule has 0 aromatic carbocycles. The molecule has 0 aliphatic rings. The van der Waals surface area contributed by atoms with E-state index in [1.165, 1.54) is 32.1 Å². The fraction of sp³-hybridized carbons (Fsp3) is 1.00. The quantitative estimate of drug-likeness (QED) is 0.582. The first kappa shape index (κ1) is 13.9. The molecule has 0 fully saturated rings. The number of methoxy groups -OCH3 is 1. The van der Waals surface area contributed by atoms with E-state index in [2.05, 4.69) is 6.92 Å². The molecule has 0 aromatic heterocycles. The van der Waals surface area contributed by atoms with Gasteiger partial charge in [0.05, 0.1) is 12.2 Å². The molecule has 14 heavy (non-hydrogen) atoms. The molecule has 0 heterocycles. The van der Waals surface area contributed by atoms with Crippen LogP contribution in [0.2, 0.25) is 0 Å². The van der Waals surface area contributed by atoms with Crippen molar-refractivity contribution in [1.29, 1.82) is 0 Å². The summed E-state index contributed by atoms with van der Waals surface area (Å²) in [6.45, 7) is 4.52. The Balaban J connectivity index is 3.26. The maximum Gasteiger partial charge on any atom is 0.0852 e. The lowest BCUT2D eigenvalue weighted by atomic mass is 9.98. The van der Waals surface area contributed by atoms with Crippen LogP contribution in [0.4, 0.5) is 0 Å². The van der Waals surface area contributed by atoms with Crippen molar-refractivity contribution in [1.82, 2.24) is 0 Å². The van der Waals surface area contributed by atoms with Crippen LogP contribution < -0.4 is 0 Å². The third kappa shape index (κ3) is 8.52. The molecule has 0 aliphatic carbocycles. The number of ether oxygens (including phenoxy) is 1. The Labute approximate surface area is 88.7 Å². The first-order valence-corrected chi connectivity index (χ1v) is 5.83. The van der Waals surface area contributed by atoms with Gasteiger partial charge in [-0.2, -0.15) is 0 Å². The molecule has 86 valence electrons. The smallest absolute Gasteiger partial charge is 0.0852 e. The van der Waals surface area contributed by atoms with Gasteiger partial charge in [0, 0.05) is 7.11 Å². The van der Waals surface area contributed by atoms with E-state index >= 15 is 0 Å². The second kappa shape index (κ2) is 8.25. The van der Waals surface area contributed by atoms with Crippen LogP contribution in [-0.4, -0.2) is 24.4 Å². The van der Waals surface area contributed by atoms with Gasteiger partial charge in [0.2, 0.25) is 0 Å². The van der Waals surface area contributed by atoms with Gasteiger partial charge in [-0.15, -0.1) is 0 Å². The number of aliphatic hydroxyl groups is 1. The average molecular weight is 202 g/mol. The zero-order valence-electron chi connectivity index (χ0n) is 10.0. The van der Waals surface area contributed by atoms with Crippen LogP contribution in [0.3, 0.4) is 0 Å². The second-order valence-corrected chi connectivity index (χ2v) is 4.45. The molecule has 0 spiro atoms. The van der Waals surface area contributed by atoms with Crippen molar-refractivity contribution in [2.75, 3.05) is 13.7 Å². The minimum Gasteiger partial charge on any atom is -0.388 e. The molecular formula is C12H26O2. The highest BCUT2D eigenvalue weighted by molar-refractivity contribution is 4.71. The molecule has 1 atom stereocenters. The van der Waals surface area contributed by atoms with E-state index in [9.17, 15) is 5.11 Å². The van der Waals surface area contributed by atoms with E-state index in [-0.39, 0.29) is 0 Å². The van der Waals surface area contributed by atoms with Crippen molar-refractivity contribution in [2.45, 2.75) is 64.4 Å². The van der Waals surface area contributed by atoms with Crippen molar-refractivity contribution in [3.05, 3.63) is 0 Å². The largest absolute Gasteiger partial charge is 0.388 e. The zero-order chi connectivity index (χ0) is 10.9. The summed E-state index contributed by atoms with van der Waals surface area (Å²) < 4.78 is 4.95. The van der Waals surface area contributed by atoms with Gasteiger partial charge in [0.1, 0.15) is 0 Å². The molecule has 1 N–H and O–H groups in total. The maximum absolute atomic E-state index is 9.79. The Morgan fingerprint density at radius 3 is 2.21 bits per heavy atom. The van der Waals surface area contributed by atoms with E-state index in [1.807, 2.05) is 6.92 Å². The fourth-order valence-electron chi connectivity index (χ4n) is 1.67. The molecule has 0 unspecified atom stereocenters. The van der Waals surface area contributed by atoms with Crippen molar-refractivity contribution >= 4 is 0 Å². The van der Waals surface area contributed by atoms with Crippen molar-refractivity contribution in [3.63, 3.8) is 0 Å². The Kier molecular flexibility index (Phi) is 8.20. The SMILES string of the molecule is CCCCCCCC[C@](C)(O)COC. The Morgan fingerprint density at radius 2 is 1.64 bits per heavy atom. The molecule has 0 aromatic rings. The molecule has 0 amide bonds. The van der Waals surface area contributed by atoms with Gasteiger partial charge in [-0.3, -0.25) is 0 Å². The lowest BCUT2D eigenvalue weighted by molar-refractivity contribution is -0.0242. The number of hydrogen-bond acceptors (Lipinski definition) is 2. The van der Waals surface area contributed by atoms with Crippen LogP contribution in [0.25, 0.3) is 0 Å². The predicted molar refractivity (Wildman–Crippen MR) is 60.5 cm³/mol. The zero-order valence-corrected chi connectivity index (χ0v) is 10.0. The summed E-state index contributed by atoms with van der Waals surface area (Å²) in [7, 11) is 1.63. The minimum absolute atomic E-state index is 0.446. The molecule has 0 saturated heterocycles. The van der Waals surface area contributed by atoms with Crippen LogP contribution in [0.15, 0.2) is 0 Å². The van der Waals surface area contributed by atoms with Gasteiger partial charge < -0.3 is 9.84 Å². The number of unbranched alkanes of at least 4 members (excludes halogenated alkanes) is 5. The van der Waals surface area contributed by atoms with Gasteiger partial charge in [-0.25, -0.2) is 0 Å². The van der Waals surface area contributed by atoms with Crippen LogP contribution >= 0.6 is 0 Å². The van der Waals surface area contributed by atoms with E-state index in [0.717, 1.165) is 12.8 Å². The second-order valence-electron chi connectivity index (χ2n) is 4.45. The van der Waals surface area contributed by atoms with Crippen molar-refractivity contribution < 1.29 is 9.84 Å². The predicted octanol–water partition coefficient (Wildman–Crippen LogP) is 3.13. The fourth-order valence-corrected chi connectivity index (χ4v) is 1.67. The van der Waals surface area contributed by atoms with E-state index in [0.29, 0.717) is 6.61 Å². The van der Waals surface area contributed by atoms with Crippen LogP contribution in [0.1, 0.15) is 58.8 Å². The van der Waals surface area contributed by atoms with Gasteiger partial charge >= 0.3 is 0 Å². The average Bonchev–Trinajstić information content (AvgIpc) is 2.11. The van der Waals surface area contributed by atoms with Gasteiger partial charge in [-0.05, 0) is 13.3 Å². The molecule has 0 aliphatic heterocycles. The summed E-state index contributed by atoms with van der Waals surface area (Å²) in [5.74, 6) is 0. The Hall–Kier alpha value is -0.0800. The summed E-state index contributed by atoms with van der Waals surface area (Å²) in [4.78, 5) is 0. The van der Waals surface area contributed by atoms with Crippen LogP contribution in [0, 0.1) is 0 Å². The first-order valence-electron chi connectivity index (χ1n) is 5.83. The molecule has 0 bridgehead atoms. The van der Waals surface area contributed by atoms with E-state index in [1.54, 1.807) is 7.11 Å². The summed E-state index contributed by atoms with van der Waals surface area (Å²) in [6, 6.07) is 0. The topological polar surface area (TPSA) is 29.5 Å². The van der Waals surface area contributed by atoms with Crippen LogP contribution in [-0.2, 0) is 4.74 Å². The monoisotopic (exact) mass is 202 g/mol.